The molecule has 0 bridgehead atoms. The van der Waals surface area contributed by atoms with E-state index in [1.807, 2.05) is 6.92 Å². The minimum atomic E-state index is -0.162. The molecule has 1 aromatic rings. The van der Waals surface area contributed by atoms with Gasteiger partial charge in [-0.25, -0.2) is 0 Å². The van der Waals surface area contributed by atoms with Crippen molar-refractivity contribution in [2.75, 3.05) is 12.3 Å². The molecule has 1 saturated carbocycles. The summed E-state index contributed by atoms with van der Waals surface area (Å²) in [6.07, 6.45) is 3.07. The number of rotatable bonds is 4. The van der Waals surface area contributed by atoms with E-state index in [-0.39, 0.29) is 36.2 Å². The lowest BCUT2D eigenvalue weighted by molar-refractivity contribution is -0.149. The summed E-state index contributed by atoms with van der Waals surface area (Å²) in [4.78, 5) is 24.0. The van der Waals surface area contributed by atoms with Crippen molar-refractivity contribution in [2.24, 2.45) is 5.92 Å². The summed E-state index contributed by atoms with van der Waals surface area (Å²) in [6, 6.07) is 5.30. The first-order chi connectivity index (χ1) is 10.5. The van der Waals surface area contributed by atoms with Crippen molar-refractivity contribution in [1.29, 1.82) is 0 Å². The number of esters is 1. The molecule has 0 atom stereocenters. The molecule has 128 valence electrons. The molecule has 5 nitrogen and oxygen atoms in total. The number of hydrogen-bond acceptors (Lipinski definition) is 4. The van der Waals surface area contributed by atoms with Gasteiger partial charge >= 0.3 is 5.97 Å². The van der Waals surface area contributed by atoms with Gasteiger partial charge in [0.25, 0.3) is 5.91 Å². The second-order valence-corrected chi connectivity index (χ2v) is 6.42. The number of nitrogen functional groups attached to an aromatic ring is 1. The van der Waals surface area contributed by atoms with Gasteiger partial charge in [0, 0.05) is 16.2 Å². The van der Waals surface area contributed by atoms with Crippen LogP contribution in [0.3, 0.4) is 0 Å². The van der Waals surface area contributed by atoms with E-state index < -0.39 is 0 Å². The molecule has 0 aromatic heterocycles. The molecule has 2 rings (SSSR count). The van der Waals surface area contributed by atoms with E-state index in [4.69, 9.17) is 10.5 Å². The smallest absolute Gasteiger partial charge is 0.308 e. The average molecular weight is 406 g/mol. The van der Waals surface area contributed by atoms with Crippen molar-refractivity contribution in [3.05, 3.63) is 28.2 Å². The Bertz CT molecular complexity index is 560. The maximum Gasteiger partial charge on any atom is 0.308 e. The summed E-state index contributed by atoms with van der Waals surface area (Å²) in [5.41, 5.74) is 6.80. The Labute approximate surface area is 150 Å². The second kappa shape index (κ2) is 9.13. The van der Waals surface area contributed by atoms with Gasteiger partial charge in [-0.15, -0.1) is 12.4 Å². The maximum absolute atomic E-state index is 12.3. The van der Waals surface area contributed by atoms with Crippen LogP contribution in [0.25, 0.3) is 0 Å². The molecular formula is C16H22BrClN2O3. The second-order valence-electron chi connectivity index (χ2n) is 5.51. The van der Waals surface area contributed by atoms with Crippen LogP contribution < -0.4 is 11.1 Å². The van der Waals surface area contributed by atoms with Gasteiger partial charge in [0.1, 0.15) is 0 Å². The van der Waals surface area contributed by atoms with Crippen molar-refractivity contribution in [1.82, 2.24) is 5.32 Å². The maximum atomic E-state index is 12.3. The van der Waals surface area contributed by atoms with Crippen molar-refractivity contribution in [3.8, 4) is 0 Å². The Kier molecular flexibility index (Phi) is 7.85. The highest BCUT2D eigenvalue weighted by Gasteiger charge is 2.28. The lowest BCUT2D eigenvalue weighted by atomic mass is 9.86. The molecule has 0 radical (unpaired) electrons. The van der Waals surface area contributed by atoms with E-state index in [0.717, 1.165) is 30.2 Å². The van der Waals surface area contributed by atoms with Gasteiger partial charge in [-0.2, -0.15) is 0 Å². The van der Waals surface area contributed by atoms with E-state index in [2.05, 4.69) is 21.2 Å². The summed E-state index contributed by atoms with van der Waals surface area (Å²) in [5, 5.41) is 3.00. The molecule has 0 spiro atoms. The predicted octanol–water partition coefficient (Wildman–Crippen LogP) is 3.30. The van der Waals surface area contributed by atoms with Gasteiger partial charge < -0.3 is 15.8 Å². The Morgan fingerprint density at radius 1 is 1.30 bits per heavy atom. The fourth-order valence-corrected chi connectivity index (χ4v) is 3.12. The van der Waals surface area contributed by atoms with Crippen LogP contribution in [0.1, 0.15) is 43.0 Å². The quantitative estimate of drug-likeness (QED) is 0.595. The number of nitrogens with one attached hydrogen (secondary N) is 1. The predicted molar refractivity (Wildman–Crippen MR) is 95.6 cm³/mol. The SMILES string of the molecule is CCOC(=O)C1CCC(NC(=O)c2ccc(Br)cc2N)CC1.Cl. The number of halogens is 2. The van der Waals surface area contributed by atoms with Gasteiger partial charge in [-0.05, 0) is 50.8 Å². The number of carbonyl (C=O) groups excluding carboxylic acids is 2. The normalized spacial score (nSPS) is 20.3. The Hall–Kier alpha value is -1.27. The summed E-state index contributed by atoms with van der Waals surface area (Å²) in [5.74, 6) is -0.320. The third kappa shape index (κ3) is 5.39. The molecule has 3 N–H and O–H groups in total. The fraction of sp³-hybridized carbons (Fsp3) is 0.500. The van der Waals surface area contributed by atoms with E-state index in [1.165, 1.54) is 0 Å². The minimum Gasteiger partial charge on any atom is -0.466 e. The third-order valence-corrected chi connectivity index (χ3v) is 4.43. The molecule has 1 fully saturated rings. The lowest BCUT2D eigenvalue weighted by Gasteiger charge is -2.28. The van der Waals surface area contributed by atoms with Crippen LogP contribution in [0.4, 0.5) is 5.69 Å². The van der Waals surface area contributed by atoms with E-state index >= 15 is 0 Å². The van der Waals surface area contributed by atoms with E-state index in [9.17, 15) is 9.59 Å². The van der Waals surface area contributed by atoms with Gasteiger partial charge in [0.2, 0.25) is 0 Å². The molecule has 23 heavy (non-hydrogen) atoms. The first-order valence-electron chi connectivity index (χ1n) is 7.53. The van der Waals surface area contributed by atoms with Gasteiger partial charge in [-0.3, -0.25) is 9.59 Å². The van der Waals surface area contributed by atoms with Crippen LogP contribution >= 0.6 is 28.3 Å². The van der Waals surface area contributed by atoms with Crippen molar-refractivity contribution in [3.63, 3.8) is 0 Å². The standard InChI is InChI=1S/C16H21BrN2O3.ClH/c1-2-22-16(21)10-3-6-12(7-4-10)19-15(20)13-8-5-11(17)9-14(13)18;/h5,8-10,12H,2-4,6-7,18H2,1H3,(H,19,20);1H. The van der Waals surface area contributed by atoms with E-state index in [1.54, 1.807) is 18.2 Å². The first-order valence-corrected chi connectivity index (χ1v) is 8.33. The van der Waals surface area contributed by atoms with Crippen molar-refractivity contribution < 1.29 is 14.3 Å². The first kappa shape index (κ1) is 19.8. The van der Waals surface area contributed by atoms with E-state index in [0.29, 0.717) is 17.9 Å². The van der Waals surface area contributed by atoms with Crippen LogP contribution in [-0.2, 0) is 9.53 Å². The van der Waals surface area contributed by atoms with Crippen LogP contribution in [0.2, 0.25) is 0 Å². The van der Waals surface area contributed by atoms with Crippen molar-refractivity contribution in [2.45, 2.75) is 38.6 Å². The van der Waals surface area contributed by atoms with Crippen molar-refractivity contribution >= 4 is 45.9 Å². The Morgan fingerprint density at radius 3 is 2.52 bits per heavy atom. The number of anilines is 1. The van der Waals surface area contributed by atoms with Crippen LogP contribution in [0.15, 0.2) is 22.7 Å². The zero-order valence-electron chi connectivity index (χ0n) is 13.0. The number of carbonyl (C=O) groups is 2. The molecule has 0 unspecified atom stereocenters. The number of hydrogen-bond donors (Lipinski definition) is 2. The fourth-order valence-electron chi connectivity index (χ4n) is 2.74. The monoisotopic (exact) mass is 404 g/mol. The van der Waals surface area contributed by atoms with Gasteiger partial charge in [-0.1, -0.05) is 15.9 Å². The Morgan fingerprint density at radius 2 is 1.96 bits per heavy atom. The number of amides is 1. The van der Waals surface area contributed by atoms with Gasteiger partial charge in [0.15, 0.2) is 0 Å². The molecule has 1 aliphatic carbocycles. The zero-order valence-corrected chi connectivity index (χ0v) is 15.4. The van der Waals surface area contributed by atoms with Crippen LogP contribution in [0.5, 0.6) is 0 Å². The molecular weight excluding hydrogens is 384 g/mol. The molecule has 0 saturated heterocycles. The summed E-state index contributed by atoms with van der Waals surface area (Å²) >= 11 is 3.32. The van der Waals surface area contributed by atoms with Crippen LogP contribution in [-0.4, -0.2) is 24.5 Å². The third-order valence-electron chi connectivity index (χ3n) is 3.94. The number of benzene rings is 1. The molecule has 0 aliphatic heterocycles. The molecule has 0 heterocycles. The van der Waals surface area contributed by atoms with Crippen LogP contribution in [0, 0.1) is 5.92 Å². The average Bonchev–Trinajstić information content (AvgIpc) is 2.48. The summed E-state index contributed by atoms with van der Waals surface area (Å²) in [6.45, 7) is 2.23. The zero-order chi connectivity index (χ0) is 16.1. The number of ether oxygens (including phenoxy) is 1. The molecule has 1 amide bonds. The molecule has 1 aromatic carbocycles. The summed E-state index contributed by atoms with van der Waals surface area (Å²) < 4.78 is 5.89. The number of nitrogens with two attached hydrogens (primary N) is 1. The summed E-state index contributed by atoms with van der Waals surface area (Å²) in [7, 11) is 0. The topological polar surface area (TPSA) is 81.4 Å². The Balaban J connectivity index is 0.00000264. The molecule has 7 heteroatoms. The molecule has 1 aliphatic rings. The highest BCUT2D eigenvalue weighted by Crippen LogP contribution is 2.26. The largest absolute Gasteiger partial charge is 0.466 e. The minimum absolute atomic E-state index is 0. The highest BCUT2D eigenvalue weighted by atomic mass is 79.9. The van der Waals surface area contributed by atoms with Gasteiger partial charge in [0.05, 0.1) is 18.1 Å². The highest BCUT2D eigenvalue weighted by molar-refractivity contribution is 9.10. The lowest BCUT2D eigenvalue weighted by Crippen LogP contribution is -2.39.